The summed E-state index contributed by atoms with van der Waals surface area (Å²) >= 11 is 0. The van der Waals surface area contributed by atoms with E-state index in [2.05, 4.69) is 23.7 Å². The monoisotopic (exact) mass is 482 g/mol. The van der Waals surface area contributed by atoms with Gasteiger partial charge in [-0.25, -0.2) is 9.59 Å². The Hall–Kier alpha value is -3.58. The molecular weight excluding hydrogens is 456 g/mol. The van der Waals surface area contributed by atoms with E-state index in [1.807, 2.05) is 38.1 Å². The average Bonchev–Trinajstić information content (AvgIpc) is 3.34. The van der Waals surface area contributed by atoms with Crippen LogP contribution < -0.4 is 0 Å². The molecule has 6 heteroatoms. The summed E-state index contributed by atoms with van der Waals surface area (Å²) in [5.74, 6) is 12.8. The number of ether oxygens (including phenoxy) is 4. The zero-order valence-electron chi connectivity index (χ0n) is 20.6. The first kappa shape index (κ1) is 22.9. The molecule has 8 rings (SSSR count). The number of benzene rings is 2. The minimum absolute atomic E-state index is 0.0225. The maximum atomic E-state index is 11.7. The number of methoxy groups -OCH3 is 2. The molecule has 36 heavy (non-hydrogen) atoms. The molecule has 0 aromatic heterocycles. The van der Waals surface area contributed by atoms with Crippen molar-refractivity contribution in [1.82, 2.24) is 0 Å². The van der Waals surface area contributed by atoms with Crippen LogP contribution in [0.4, 0.5) is 0 Å². The van der Waals surface area contributed by atoms with Crippen molar-refractivity contribution in [2.75, 3.05) is 14.2 Å². The zero-order chi connectivity index (χ0) is 25.3. The van der Waals surface area contributed by atoms with E-state index in [0.29, 0.717) is 11.1 Å². The van der Waals surface area contributed by atoms with Gasteiger partial charge in [0.25, 0.3) is 0 Å². The minimum Gasteiger partial charge on any atom is -0.465 e. The van der Waals surface area contributed by atoms with Gasteiger partial charge >= 0.3 is 11.9 Å². The van der Waals surface area contributed by atoms with Gasteiger partial charge in [-0.15, -0.1) is 0 Å². The first-order valence-corrected chi connectivity index (χ1v) is 12.0. The first-order valence-electron chi connectivity index (χ1n) is 12.0. The van der Waals surface area contributed by atoms with Crippen LogP contribution in [0.3, 0.4) is 0 Å². The minimum atomic E-state index is -0.601. The van der Waals surface area contributed by atoms with Gasteiger partial charge in [-0.1, -0.05) is 23.7 Å². The predicted molar refractivity (Wildman–Crippen MR) is 130 cm³/mol. The molecule has 1 heterocycles. The smallest absolute Gasteiger partial charge is 0.337 e. The van der Waals surface area contributed by atoms with E-state index in [9.17, 15) is 9.59 Å². The van der Waals surface area contributed by atoms with Crippen LogP contribution >= 0.6 is 0 Å². The lowest BCUT2D eigenvalue weighted by molar-refractivity contribution is -0.296. The molecule has 4 bridgehead atoms. The summed E-state index contributed by atoms with van der Waals surface area (Å²) in [4.78, 5) is 23.4. The van der Waals surface area contributed by atoms with Gasteiger partial charge in [0.15, 0.2) is 5.79 Å². The molecule has 2 aromatic carbocycles. The second kappa shape index (κ2) is 7.71. The third-order valence-electron chi connectivity index (χ3n) is 8.12. The third-order valence-corrected chi connectivity index (χ3v) is 8.12. The van der Waals surface area contributed by atoms with Crippen LogP contribution in [0.15, 0.2) is 48.5 Å². The molecule has 1 aliphatic heterocycles. The Morgan fingerprint density at radius 1 is 0.750 bits per heavy atom. The fourth-order valence-electron chi connectivity index (χ4n) is 6.77. The summed E-state index contributed by atoms with van der Waals surface area (Å²) in [7, 11) is 2.74. The van der Waals surface area contributed by atoms with E-state index in [4.69, 9.17) is 18.9 Å². The molecule has 1 saturated heterocycles. The zero-order valence-corrected chi connectivity index (χ0v) is 20.6. The molecule has 5 aliphatic carbocycles. The van der Waals surface area contributed by atoms with Crippen molar-refractivity contribution in [2.24, 2.45) is 22.7 Å². The Bertz CT molecular complexity index is 1270. The fourth-order valence-corrected chi connectivity index (χ4v) is 6.77. The van der Waals surface area contributed by atoms with Crippen molar-refractivity contribution in [2.45, 2.75) is 38.3 Å². The van der Waals surface area contributed by atoms with Crippen LogP contribution in [-0.4, -0.2) is 44.2 Å². The molecule has 6 aliphatic rings. The Morgan fingerprint density at radius 2 is 1.14 bits per heavy atom. The molecule has 4 atom stereocenters. The van der Waals surface area contributed by atoms with Crippen LogP contribution in [-0.2, 0) is 18.9 Å². The van der Waals surface area contributed by atoms with Gasteiger partial charge in [0.2, 0.25) is 0 Å². The van der Waals surface area contributed by atoms with E-state index in [1.54, 1.807) is 24.3 Å². The van der Waals surface area contributed by atoms with Gasteiger partial charge in [0.05, 0.1) is 37.6 Å². The number of carbonyl (C=O) groups excluding carboxylic acids is 2. The number of hydrogen-bond acceptors (Lipinski definition) is 6. The molecule has 0 spiro atoms. The SMILES string of the molecule is COC(=O)c1ccc(C#CC23CC4(C#Cc5ccc(C(=O)OC)cc5)C2[C@H]2OC(C)(C)O[C@H]2C34)cc1. The van der Waals surface area contributed by atoms with Crippen molar-refractivity contribution in [1.29, 1.82) is 0 Å². The molecule has 6 nitrogen and oxygen atoms in total. The molecule has 2 unspecified atom stereocenters. The summed E-state index contributed by atoms with van der Waals surface area (Å²) in [6, 6.07) is 14.3. The fraction of sp³-hybridized carbons (Fsp3) is 0.400. The van der Waals surface area contributed by atoms with Gasteiger partial charge in [0, 0.05) is 33.8 Å². The van der Waals surface area contributed by atoms with Crippen molar-refractivity contribution < 1.29 is 28.5 Å². The molecule has 2 aromatic rings. The van der Waals surface area contributed by atoms with Gasteiger partial charge in [-0.2, -0.15) is 0 Å². The van der Waals surface area contributed by atoms with Crippen molar-refractivity contribution in [3.05, 3.63) is 70.8 Å². The highest BCUT2D eigenvalue weighted by Gasteiger charge is 2.92. The van der Waals surface area contributed by atoms with Crippen LogP contribution in [0, 0.1) is 46.3 Å². The van der Waals surface area contributed by atoms with Crippen molar-refractivity contribution >= 4 is 11.9 Å². The topological polar surface area (TPSA) is 71.1 Å². The molecule has 0 radical (unpaired) electrons. The second-order valence-corrected chi connectivity index (χ2v) is 10.4. The Labute approximate surface area is 210 Å². The van der Waals surface area contributed by atoms with Gasteiger partial charge < -0.3 is 18.9 Å². The van der Waals surface area contributed by atoms with E-state index >= 15 is 0 Å². The van der Waals surface area contributed by atoms with E-state index < -0.39 is 5.79 Å². The van der Waals surface area contributed by atoms with Crippen molar-refractivity contribution in [3.63, 3.8) is 0 Å². The number of rotatable bonds is 2. The highest BCUT2D eigenvalue weighted by Crippen LogP contribution is 2.88. The Kier molecular flexibility index (Phi) is 4.89. The Morgan fingerprint density at radius 3 is 1.50 bits per heavy atom. The van der Waals surface area contributed by atoms with Crippen LogP contribution in [0.1, 0.15) is 52.1 Å². The van der Waals surface area contributed by atoms with Crippen LogP contribution in [0.5, 0.6) is 0 Å². The van der Waals surface area contributed by atoms with Crippen LogP contribution in [0.25, 0.3) is 0 Å². The summed E-state index contributed by atoms with van der Waals surface area (Å²) in [6.07, 6.45) is 0.840. The number of esters is 2. The largest absolute Gasteiger partial charge is 0.465 e. The molecule has 6 fully saturated rings. The quantitative estimate of drug-likeness (QED) is 0.479. The summed E-state index contributed by atoms with van der Waals surface area (Å²) in [6.45, 7) is 3.91. The predicted octanol–water partition coefficient (Wildman–Crippen LogP) is 3.82. The second-order valence-electron chi connectivity index (χ2n) is 10.4. The van der Waals surface area contributed by atoms with Crippen molar-refractivity contribution in [3.8, 4) is 23.7 Å². The first-order chi connectivity index (χ1) is 17.2. The lowest BCUT2D eigenvalue weighted by Crippen LogP contribution is -2.74. The van der Waals surface area contributed by atoms with Gasteiger partial charge in [0.1, 0.15) is 0 Å². The standard InChI is InChI=1S/C30H26O6/c1-28(2)35-22-23(36-28)25-29(15-13-18-5-9-20(10-6-18)26(31)33-3)17-30(25,24(22)29)16-14-19-7-11-21(12-8-19)27(32)34-4/h5-12,22-25H,17H2,1-4H3/t22-,23+,24?,25?,29?,30?. The molecular formula is C30H26O6. The lowest BCUT2D eigenvalue weighted by atomic mass is 9.27. The summed E-state index contributed by atoms with van der Waals surface area (Å²) in [5, 5.41) is 0. The maximum Gasteiger partial charge on any atom is 0.337 e. The van der Waals surface area contributed by atoms with E-state index in [-0.39, 0.29) is 46.8 Å². The summed E-state index contributed by atoms with van der Waals surface area (Å²) in [5.41, 5.74) is 2.36. The number of carbonyl (C=O) groups is 2. The van der Waals surface area contributed by atoms with Gasteiger partial charge in [-0.05, 0) is 68.8 Å². The number of hydrogen-bond donors (Lipinski definition) is 0. The average molecular weight is 483 g/mol. The third kappa shape index (κ3) is 3.08. The van der Waals surface area contributed by atoms with Crippen LogP contribution in [0.2, 0.25) is 0 Å². The molecule has 5 saturated carbocycles. The lowest BCUT2D eigenvalue weighted by Gasteiger charge is -2.73. The summed E-state index contributed by atoms with van der Waals surface area (Å²) < 4.78 is 22.2. The molecule has 0 amide bonds. The van der Waals surface area contributed by atoms with Gasteiger partial charge in [-0.3, -0.25) is 0 Å². The highest BCUT2D eigenvalue weighted by molar-refractivity contribution is 5.89. The van der Waals surface area contributed by atoms with E-state index in [1.165, 1.54) is 14.2 Å². The van der Waals surface area contributed by atoms with E-state index in [0.717, 1.165) is 17.5 Å². The molecule has 182 valence electrons. The maximum absolute atomic E-state index is 11.7. The highest BCUT2D eigenvalue weighted by atomic mass is 16.8. The molecule has 0 N–H and O–H groups in total. The Balaban J connectivity index is 1.27. The normalized spacial score (nSPS) is 33.4.